The Bertz CT molecular complexity index is 335. The monoisotopic (exact) mass is 210 g/mol. The molecule has 0 spiro atoms. The van der Waals surface area contributed by atoms with Crippen LogP contribution in [0.5, 0.6) is 5.88 Å². The molecule has 0 aliphatic rings. The van der Waals surface area contributed by atoms with Crippen molar-refractivity contribution in [1.29, 1.82) is 0 Å². The lowest BCUT2D eigenvalue weighted by Gasteiger charge is -2.27. The molecule has 1 atom stereocenters. The Balaban J connectivity index is 3.11. The molecule has 0 saturated heterocycles. The molecule has 1 unspecified atom stereocenters. The quantitative estimate of drug-likeness (QED) is 0.811. The van der Waals surface area contributed by atoms with Gasteiger partial charge in [0.2, 0.25) is 5.88 Å². The fourth-order valence-electron chi connectivity index (χ4n) is 1.38. The number of hydrogen-bond donors (Lipinski definition) is 1. The average molecular weight is 210 g/mol. The molecular formula is C11H18N2O2. The molecule has 0 aliphatic carbocycles. The Morgan fingerprint density at radius 1 is 1.47 bits per heavy atom. The van der Waals surface area contributed by atoms with Crippen molar-refractivity contribution in [2.45, 2.75) is 19.4 Å². The number of hydrogen-bond acceptors (Lipinski definition) is 4. The van der Waals surface area contributed by atoms with Gasteiger partial charge in [0.25, 0.3) is 0 Å². The molecule has 4 heteroatoms. The summed E-state index contributed by atoms with van der Waals surface area (Å²) in [6, 6.07) is 1.99. The second-order valence-electron chi connectivity index (χ2n) is 3.69. The van der Waals surface area contributed by atoms with Crippen molar-refractivity contribution in [3.05, 3.63) is 23.4 Å². The minimum Gasteiger partial charge on any atom is -0.481 e. The molecule has 1 heterocycles. The largest absolute Gasteiger partial charge is 0.481 e. The minimum absolute atomic E-state index is 0.414. The smallest absolute Gasteiger partial charge is 0.215 e. The first-order chi connectivity index (χ1) is 7.07. The van der Waals surface area contributed by atoms with Crippen molar-refractivity contribution in [2.24, 2.45) is 5.73 Å². The number of nitrogens with zero attached hydrogens (tertiary/aromatic N) is 1. The van der Waals surface area contributed by atoms with E-state index in [4.69, 9.17) is 15.2 Å². The highest BCUT2D eigenvalue weighted by Crippen LogP contribution is 2.26. The predicted molar refractivity (Wildman–Crippen MR) is 58.9 cm³/mol. The molecule has 1 aromatic rings. The summed E-state index contributed by atoms with van der Waals surface area (Å²) in [7, 11) is 3.25. The van der Waals surface area contributed by atoms with Crippen LogP contribution < -0.4 is 10.5 Å². The summed E-state index contributed by atoms with van der Waals surface area (Å²) < 4.78 is 10.5. The van der Waals surface area contributed by atoms with Crippen LogP contribution in [0.4, 0.5) is 0 Å². The van der Waals surface area contributed by atoms with Crippen LogP contribution in [0.3, 0.4) is 0 Å². The lowest BCUT2D eigenvalue weighted by Crippen LogP contribution is -2.33. The van der Waals surface area contributed by atoms with Crippen molar-refractivity contribution in [2.75, 3.05) is 20.8 Å². The third kappa shape index (κ3) is 2.27. The van der Waals surface area contributed by atoms with Gasteiger partial charge in [0.15, 0.2) is 0 Å². The number of aryl methyl sites for hydroxylation is 1. The van der Waals surface area contributed by atoms with Gasteiger partial charge in [-0.25, -0.2) is 4.98 Å². The molecular weight excluding hydrogens is 192 g/mol. The first-order valence-corrected chi connectivity index (χ1v) is 4.83. The van der Waals surface area contributed by atoms with Crippen LogP contribution in [0, 0.1) is 6.92 Å². The molecule has 0 radical (unpaired) electrons. The maximum absolute atomic E-state index is 5.69. The van der Waals surface area contributed by atoms with E-state index in [2.05, 4.69) is 4.98 Å². The molecule has 15 heavy (non-hydrogen) atoms. The second-order valence-corrected chi connectivity index (χ2v) is 3.69. The molecule has 2 N–H and O–H groups in total. The Morgan fingerprint density at radius 2 is 2.13 bits per heavy atom. The Labute approximate surface area is 90.4 Å². The van der Waals surface area contributed by atoms with Gasteiger partial charge in [0, 0.05) is 31.0 Å². The van der Waals surface area contributed by atoms with Gasteiger partial charge in [-0.3, -0.25) is 0 Å². The van der Waals surface area contributed by atoms with E-state index in [-0.39, 0.29) is 0 Å². The van der Waals surface area contributed by atoms with E-state index in [1.807, 2.05) is 19.9 Å². The minimum atomic E-state index is -0.482. The summed E-state index contributed by atoms with van der Waals surface area (Å²) in [4.78, 5) is 4.20. The van der Waals surface area contributed by atoms with Crippen LogP contribution in [-0.4, -0.2) is 25.7 Å². The van der Waals surface area contributed by atoms with E-state index in [1.54, 1.807) is 20.4 Å². The Hall–Kier alpha value is -1.13. The standard InChI is InChI=1S/C11H18N2O2/c1-8-5-9(6-13-10(8)14-3)11(2,7-12)15-4/h5-6H,7,12H2,1-4H3. The number of aromatic nitrogens is 1. The second kappa shape index (κ2) is 4.59. The van der Waals surface area contributed by atoms with Crippen LogP contribution >= 0.6 is 0 Å². The predicted octanol–water partition coefficient (Wildman–Crippen LogP) is 1.22. The number of ether oxygens (including phenoxy) is 2. The van der Waals surface area contributed by atoms with E-state index >= 15 is 0 Å². The number of pyridine rings is 1. The highest BCUT2D eigenvalue weighted by molar-refractivity contribution is 5.31. The number of rotatable bonds is 4. The molecule has 0 saturated carbocycles. The lowest BCUT2D eigenvalue weighted by molar-refractivity contribution is 0.00969. The zero-order valence-corrected chi connectivity index (χ0v) is 9.70. The van der Waals surface area contributed by atoms with Crippen LogP contribution in [0.25, 0.3) is 0 Å². The highest BCUT2D eigenvalue weighted by atomic mass is 16.5. The molecule has 84 valence electrons. The molecule has 1 rings (SSSR count). The maximum Gasteiger partial charge on any atom is 0.215 e. The van der Waals surface area contributed by atoms with Crippen molar-refractivity contribution in [3.8, 4) is 5.88 Å². The number of nitrogens with two attached hydrogens (primary N) is 1. The van der Waals surface area contributed by atoms with Gasteiger partial charge in [0.05, 0.1) is 7.11 Å². The molecule has 0 bridgehead atoms. The van der Waals surface area contributed by atoms with E-state index in [0.717, 1.165) is 11.1 Å². The van der Waals surface area contributed by atoms with Gasteiger partial charge in [-0.1, -0.05) is 0 Å². The van der Waals surface area contributed by atoms with Crippen molar-refractivity contribution in [1.82, 2.24) is 4.98 Å². The van der Waals surface area contributed by atoms with Gasteiger partial charge in [-0.15, -0.1) is 0 Å². The first-order valence-electron chi connectivity index (χ1n) is 4.83. The number of methoxy groups -OCH3 is 2. The molecule has 0 aliphatic heterocycles. The van der Waals surface area contributed by atoms with Crippen molar-refractivity contribution < 1.29 is 9.47 Å². The fourth-order valence-corrected chi connectivity index (χ4v) is 1.38. The van der Waals surface area contributed by atoms with Gasteiger partial charge >= 0.3 is 0 Å². The summed E-state index contributed by atoms with van der Waals surface area (Å²) in [6.07, 6.45) is 1.74. The van der Waals surface area contributed by atoms with Gasteiger partial charge in [-0.05, 0) is 19.9 Å². The van der Waals surface area contributed by atoms with E-state index < -0.39 is 5.60 Å². The normalized spacial score (nSPS) is 14.7. The van der Waals surface area contributed by atoms with Crippen LogP contribution in [0.1, 0.15) is 18.1 Å². The zero-order valence-electron chi connectivity index (χ0n) is 9.70. The molecule has 0 fully saturated rings. The van der Waals surface area contributed by atoms with Gasteiger partial charge in [-0.2, -0.15) is 0 Å². The third-order valence-corrected chi connectivity index (χ3v) is 2.67. The van der Waals surface area contributed by atoms with Gasteiger partial charge in [0.1, 0.15) is 5.60 Å². The van der Waals surface area contributed by atoms with Crippen molar-refractivity contribution >= 4 is 0 Å². The molecule has 0 amide bonds. The highest BCUT2D eigenvalue weighted by Gasteiger charge is 2.25. The fraction of sp³-hybridized carbons (Fsp3) is 0.545. The first kappa shape index (κ1) is 11.9. The van der Waals surface area contributed by atoms with Crippen LogP contribution in [-0.2, 0) is 10.3 Å². The average Bonchev–Trinajstić information content (AvgIpc) is 2.28. The van der Waals surface area contributed by atoms with Gasteiger partial charge < -0.3 is 15.2 Å². The zero-order chi connectivity index (χ0) is 11.5. The third-order valence-electron chi connectivity index (χ3n) is 2.67. The summed E-state index contributed by atoms with van der Waals surface area (Å²) >= 11 is 0. The summed E-state index contributed by atoms with van der Waals surface area (Å²) in [5.41, 5.74) is 7.15. The maximum atomic E-state index is 5.69. The van der Waals surface area contributed by atoms with E-state index in [9.17, 15) is 0 Å². The summed E-state index contributed by atoms with van der Waals surface area (Å²) in [5.74, 6) is 0.634. The van der Waals surface area contributed by atoms with Crippen molar-refractivity contribution in [3.63, 3.8) is 0 Å². The van der Waals surface area contributed by atoms with E-state index in [0.29, 0.717) is 12.4 Å². The lowest BCUT2D eigenvalue weighted by atomic mass is 9.96. The van der Waals surface area contributed by atoms with E-state index in [1.165, 1.54) is 0 Å². The Kier molecular flexibility index (Phi) is 3.66. The topological polar surface area (TPSA) is 57.4 Å². The van der Waals surface area contributed by atoms with Crippen LogP contribution in [0.15, 0.2) is 12.3 Å². The SMILES string of the molecule is COc1ncc(C(C)(CN)OC)cc1C. The molecule has 0 aromatic carbocycles. The van der Waals surface area contributed by atoms with Crippen LogP contribution in [0.2, 0.25) is 0 Å². The molecule has 1 aromatic heterocycles. The summed E-state index contributed by atoms with van der Waals surface area (Å²) in [5, 5.41) is 0. The Morgan fingerprint density at radius 3 is 2.53 bits per heavy atom. The molecule has 4 nitrogen and oxygen atoms in total. The summed E-state index contributed by atoms with van der Waals surface area (Å²) in [6.45, 7) is 4.30.